The van der Waals surface area contributed by atoms with Gasteiger partial charge in [0.25, 0.3) is 0 Å². The van der Waals surface area contributed by atoms with Crippen LogP contribution in [0.4, 0.5) is 4.79 Å². The minimum Gasteiger partial charge on any atom is -0.444 e. The van der Waals surface area contributed by atoms with Gasteiger partial charge in [0.15, 0.2) is 0 Å². The van der Waals surface area contributed by atoms with Crippen molar-refractivity contribution in [1.29, 1.82) is 0 Å². The number of carbonyl (C=O) groups is 3. The molecule has 2 atom stereocenters. The standard InChI is InChI=1S/C23H35N3O4/c1-16(2)14-19(26-22(29)30-23(3,4)5)21(28)25-18(12-13-20(27)24-6)15-17-10-8-7-9-11-17/h7-13,16,18-19H,14-15H2,1-6H3,(H,24,27)(H,25,28)(H,26,29)/b13-12+. The Morgan fingerprint density at radius 3 is 2.23 bits per heavy atom. The highest BCUT2D eigenvalue weighted by Crippen LogP contribution is 2.11. The summed E-state index contributed by atoms with van der Waals surface area (Å²) in [5.74, 6) is -0.394. The fourth-order valence-corrected chi connectivity index (χ4v) is 2.76. The van der Waals surface area contributed by atoms with E-state index in [4.69, 9.17) is 4.74 Å². The average Bonchev–Trinajstić information content (AvgIpc) is 2.64. The van der Waals surface area contributed by atoms with E-state index in [9.17, 15) is 14.4 Å². The summed E-state index contributed by atoms with van der Waals surface area (Å²) >= 11 is 0. The molecule has 0 aliphatic carbocycles. The lowest BCUT2D eigenvalue weighted by Crippen LogP contribution is -2.51. The number of alkyl carbamates (subject to hydrolysis) is 1. The lowest BCUT2D eigenvalue weighted by atomic mass is 10.0. The molecule has 3 N–H and O–H groups in total. The Labute approximate surface area is 179 Å². The predicted octanol–water partition coefficient (Wildman–Crippen LogP) is 2.96. The van der Waals surface area contributed by atoms with Crippen LogP contribution in [0.25, 0.3) is 0 Å². The van der Waals surface area contributed by atoms with Crippen LogP contribution >= 0.6 is 0 Å². The molecule has 1 aromatic carbocycles. The summed E-state index contributed by atoms with van der Waals surface area (Å²) in [6.07, 6.45) is 3.39. The first-order valence-electron chi connectivity index (χ1n) is 10.2. The maximum Gasteiger partial charge on any atom is 0.408 e. The number of rotatable bonds is 9. The maximum absolute atomic E-state index is 13.0. The highest BCUT2D eigenvalue weighted by Gasteiger charge is 2.26. The van der Waals surface area contributed by atoms with Crippen molar-refractivity contribution in [2.45, 2.75) is 65.1 Å². The van der Waals surface area contributed by atoms with E-state index >= 15 is 0 Å². The van der Waals surface area contributed by atoms with Gasteiger partial charge in [-0.25, -0.2) is 4.79 Å². The number of hydrogen-bond donors (Lipinski definition) is 3. The Hall–Kier alpha value is -2.83. The number of nitrogens with one attached hydrogen (secondary N) is 3. The smallest absolute Gasteiger partial charge is 0.408 e. The van der Waals surface area contributed by atoms with Gasteiger partial charge in [-0.05, 0) is 45.1 Å². The van der Waals surface area contributed by atoms with Crippen molar-refractivity contribution >= 4 is 17.9 Å². The summed E-state index contributed by atoms with van der Waals surface area (Å²) in [6.45, 7) is 9.25. The topological polar surface area (TPSA) is 96.5 Å². The van der Waals surface area contributed by atoms with Gasteiger partial charge in [-0.2, -0.15) is 0 Å². The molecule has 7 nitrogen and oxygen atoms in total. The highest BCUT2D eigenvalue weighted by molar-refractivity contribution is 5.88. The summed E-state index contributed by atoms with van der Waals surface area (Å²) in [6, 6.07) is 8.51. The summed E-state index contributed by atoms with van der Waals surface area (Å²) in [5.41, 5.74) is 0.361. The Balaban J connectivity index is 2.94. The van der Waals surface area contributed by atoms with E-state index in [0.717, 1.165) is 5.56 Å². The maximum atomic E-state index is 13.0. The molecule has 166 valence electrons. The average molecular weight is 418 g/mol. The lowest BCUT2D eigenvalue weighted by molar-refractivity contribution is -0.124. The van der Waals surface area contributed by atoms with Gasteiger partial charge >= 0.3 is 6.09 Å². The molecule has 0 fully saturated rings. The Morgan fingerprint density at radius 2 is 1.70 bits per heavy atom. The first kappa shape index (κ1) is 25.2. The van der Waals surface area contributed by atoms with E-state index in [0.29, 0.717) is 12.8 Å². The van der Waals surface area contributed by atoms with Gasteiger partial charge in [0, 0.05) is 13.1 Å². The highest BCUT2D eigenvalue weighted by atomic mass is 16.6. The van der Waals surface area contributed by atoms with Gasteiger partial charge in [-0.3, -0.25) is 9.59 Å². The molecule has 3 amide bonds. The molecule has 1 aromatic rings. The van der Waals surface area contributed by atoms with Crippen LogP contribution < -0.4 is 16.0 Å². The summed E-state index contributed by atoms with van der Waals surface area (Å²) in [7, 11) is 1.54. The quantitative estimate of drug-likeness (QED) is 0.538. The van der Waals surface area contributed by atoms with Gasteiger partial charge in [-0.1, -0.05) is 50.3 Å². The van der Waals surface area contributed by atoms with Gasteiger partial charge in [0.1, 0.15) is 11.6 Å². The second-order valence-electron chi connectivity index (χ2n) is 8.61. The zero-order valence-corrected chi connectivity index (χ0v) is 18.8. The Kier molecular flexibility index (Phi) is 10.1. The molecule has 0 aliphatic rings. The summed E-state index contributed by atoms with van der Waals surface area (Å²) in [4.78, 5) is 36.8. The number of carbonyl (C=O) groups excluding carboxylic acids is 3. The van der Waals surface area contributed by atoms with Crippen molar-refractivity contribution in [1.82, 2.24) is 16.0 Å². The normalized spacial score (nSPS) is 13.6. The van der Waals surface area contributed by atoms with Crippen LogP contribution in [0, 0.1) is 5.92 Å². The number of amides is 3. The van der Waals surface area contributed by atoms with E-state index in [2.05, 4.69) is 16.0 Å². The summed E-state index contributed by atoms with van der Waals surface area (Å²) < 4.78 is 5.30. The number of benzene rings is 1. The second kappa shape index (κ2) is 12.0. The largest absolute Gasteiger partial charge is 0.444 e. The van der Waals surface area contributed by atoms with Crippen molar-refractivity contribution in [3.8, 4) is 0 Å². The third-order valence-corrected chi connectivity index (χ3v) is 4.07. The molecule has 0 radical (unpaired) electrons. The zero-order chi connectivity index (χ0) is 22.7. The first-order valence-corrected chi connectivity index (χ1v) is 10.2. The van der Waals surface area contributed by atoms with E-state index in [1.165, 1.54) is 6.08 Å². The SMILES string of the molecule is CNC(=O)/C=C/C(Cc1ccccc1)NC(=O)C(CC(C)C)NC(=O)OC(C)(C)C. The Morgan fingerprint density at radius 1 is 1.07 bits per heavy atom. The van der Waals surface area contributed by atoms with Gasteiger partial charge in [-0.15, -0.1) is 0 Å². The van der Waals surface area contributed by atoms with E-state index in [-0.39, 0.29) is 17.7 Å². The molecular weight excluding hydrogens is 382 g/mol. The van der Waals surface area contributed by atoms with Gasteiger partial charge in [0.05, 0.1) is 6.04 Å². The van der Waals surface area contributed by atoms with E-state index < -0.39 is 23.8 Å². The fraction of sp³-hybridized carbons (Fsp3) is 0.522. The molecule has 0 spiro atoms. The number of hydrogen-bond acceptors (Lipinski definition) is 4. The van der Waals surface area contributed by atoms with Crippen LogP contribution in [0.1, 0.15) is 46.6 Å². The van der Waals surface area contributed by atoms with E-state index in [1.807, 2.05) is 44.2 Å². The van der Waals surface area contributed by atoms with Crippen LogP contribution in [0.3, 0.4) is 0 Å². The number of ether oxygens (including phenoxy) is 1. The lowest BCUT2D eigenvalue weighted by Gasteiger charge is -2.25. The number of likely N-dealkylation sites (N-methyl/N-ethyl adjacent to an activating group) is 1. The Bertz CT molecular complexity index is 724. The van der Waals surface area contributed by atoms with Gasteiger partial charge in [0.2, 0.25) is 11.8 Å². The van der Waals surface area contributed by atoms with Crippen LogP contribution in [-0.2, 0) is 20.7 Å². The van der Waals surface area contributed by atoms with Crippen molar-refractivity contribution in [3.05, 3.63) is 48.0 Å². The first-order chi connectivity index (χ1) is 14.0. The van der Waals surface area contributed by atoms with E-state index in [1.54, 1.807) is 33.9 Å². The molecule has 2 unspecified atom stereocenters. The van der Waals surface area contributed by atoms with Crippen molar-refractivity contribution < 1.29 is 19.1 Å². The monoisotopic (exact) mass is 417 g/mol. The van der Waals surface area contributed by atoms with Crippen molar-refractivity contribution in [2.75, 3.05) is 7.05 Å². The van der Waals surface area contributed by atoms with Crippen molar-refractivity contribution in [3.63, 3.8) is 0 Å². The molecule has 0 aliphatic heterocycles. The molecule has 0 bridgehead atoms. The molecule has 0 saturated heterocycles. The predicted molar refractivity (Wildman–Crippen MR) is 118 cm³/mol. The second-order valence-corrected chi connectivity index (χ2v) is 8.61. The zero-order valence-electron chi connectivity index (χ0n) is 18.8. The van der Waals surface area contributed by atoms with Crippen LogP contribution in [0.15, 0.2) is 42.5 Å². The molecule has 0 heterocycles. The van der Waals surface area contributed by atoms with Crippen LogP contribution in [-0.4, -0.2) is 42.6 Å². The minimum absolute atomic E-state index is 0.185. The fourth-order valence-electron chi connectivity index (χ4n) is 2.76. The van der Waals surface area contributed by atoms with Crippen molar-refractivity contribution in [2.24, 2.45) is 5.92 Å². The van der Waals surface area contributed by atoms with Gasteiger partial charge < -0.3 is 20.7 Å². The molecule has 30 heavy (non-hydrogen) atoms. The third-order valence-electron chi connectivity index (χ3n) is 4.07. The minimum atomic E-state index is -0.744. The molecule has 1 rings (SSSR count). The molecule has 7 heteroatoms. The third kappa shape index (κ3) is 10.6. The summed E-state index contributed by atoms with van der Waals surface area (Å²) in [5, 5.41) is 8.14. The van der Waals surface area contributed by atoms with Crippen LogP contribution in [0.5, 0.6) is 0 Å². The van der Waals surface area contributed by atoms with Crippen LogP contribution in [0.2, 0.25) is 0 Å². The molecule has 0 saturated carbocycles. The molecule has 0 aromatic heterocycles. The molecular formula is C23H35N3O4.